The Morgan fingerprint density at radius 3 is 2.67 bits per heavy atom. The van der Waals surface area contributed by atoms with E-state index >= 15 is 0 Å². The molecule has 0 unspecified atom stereocenters. The van der Waals surface area contributed by atoms with Crippen LogP contribution in [-0.2, 0) is 0 Å². The third-order valence-corrected chi connectivity index (χ3v) is 4.12. The fraction of sp³-hybridized carbons (Fsp3) is 0.733. The molecule has 1 aromatic rings. The first-order chi connectivity index (χ1) is 8.72. The molecule has 98 valence electrons. The number of nitrogens with zero attached hydrogens (tertiary/aromatic N) is 3. The highest BCUT2D eigenvalue weighted by molar-refractivity contribution is 5.09. The summed E-state index contributed by atoms with van der Waals surface area (Å²) in [6, 6.07) is 2.62. The molecular formula is C15H23N3. The molecule has 1 heterocycles. The third kappa shape index (κ3) is 2.93. The molecule has 1 aliphatic rings. The summed E-state index contributed by atoms with van der Waals surface area (Å²) in [5.74, 6) is 1.14. The van der Waals surface area contributed by atoms with Crippen LogP contribution in [0.25, 0.3) is 0 Å². The molecule has 0 aliphatic heterocycles. The molecule has 1 fully saturated rings. The lowest BCUT2D eigenvalue weighted by Crippen LogP contribution is -2.22. The number of nitriles is 1. The SMILES string of the molecule is CC(C)c1cnn([C@H](CC#N)C2CCCCC2)c1. The van der Waals surface area contributed by atoms with Crippen molar-refractivity contribution in [1.29, 1.82) is 5.26 Å². The average Bonchev–Trinajstić information content (AvgIpc) is 2.86. The summed E-state index contributed by atoms with van der Waals surface area (Å²) in [5.41, 5.74) is 1.27. The Hall–Kier alpha value is -1.30. The van der Waals surface area contributed by atoms with E-state index in [1.807, 2.05) is 6.20 Å². The fourth-order valence-corrected chi connectivity index (χ4v) is 2.92. The number of hydrogen-bond acceptors (Lipinski definition) is 2. The minimum atomic E-state index is 0.280. The van der Waals surface area contributed by atoms with Gasteiger partial charge in [-0.25, -0.2) is 0 Å². The van der Waals surface area contributed by atoms with Crippen LogP contribution >= 0.6 is 0 Å². The zero-order valence-corrected chi connectivity index (χ0v) is 11.5. The molecule has 1 saturated carbocycles. The van der Waals surface area contributed by atoms with Crippen LogP contribution in [0.3, 0.4) is 0 Å². The van der Waals surface area contributed by atoms with Crippen molar-refractivity contribution in [3.8, 4) is 6.07 Å². The lowest BCUT2D eigenvalue weighted by Gasteiger charge is -2.29. The largest absolute Gasteiger partial charge is 0.268 e. The minimum absolute atomic E-state index is 0.280. The summed E-state index contributed by atoms with van der Waals surface area (Å²) in [7, 11) is 0. The van der Waals surface area contributed by atoms with E-state index in [-0.39, 0.29) is 6.04 Å². The topological polar surface area (TPSA) is 41.6 Å². The van der Waals surface area contributed by atoms with Gasteiger partial charge in [0.15, 0.2) is 0 Å². The lowest BCUT2D eigenvalue weighted by atomic mass is 9.83. The Morgan fingerprint density at radius 2 is 2.11 bits per heavy atom. The molecule has 0 amide bonds. The molecule has 2 rings (SSSR count). The molecule has 1 aromatic heterocycles. The highest BCUT2D eigenvalue weighted by atomic mass is 15.3. The summed E-state index contributed by atoms with van der Waals surface area (Å²) >= 11 is 0. The molecule has 0 spiro atoms. The summed E-state index contributed by atoms with van der Waals surface area (Å²) in [5, 5.41) is 13.6. The first-order valence-corrected chi connectivity index (χ1v) is 7.13. The highest BCUT2D eigenvalue weighted by Gasteiger charge is 2.25. The van der Waals surface area contributed by atoms with Crippen molar-refractivity contribution in [3.05, 3.63) is 18.0 Å². The molecule has 3 heteroatoms. The maximum Gasteiger partial charge on any atom is 0.0677 e. The van der Waals surface area contributed by atoms with Gasteiger partial charge in [0.2, 0.25) is 0 Å². The van der Waals surface area contributed by atoms with Crippen LogP contribution in [-0.4, -0.2) is 9.78 Å². The predicted molar refractivity (Wildman–Crippen MR) is 72.2 cm³/mol. The Bertz CT molecular complexity index is 408. The average molecular weight is 245 g/mol. The van der Waals surface area contributed by atoms with E-state index in [0.717, 1.165) is 0 Å². The van der Waals surface area contributed by atoms with E-state index < -0.39 is 0 Å². The van der Waals surface area contributed by atoms with Gasteiger partial charge in [0.1, 0.15) is 0 Å². The summed E-state index contributed by atoms with van der Waals surface area (Å²) in [6.07, 6.45) is 11.2. The molecular weight excluding hydrogens is 222 g/mol. The van der Waals surface area contributed by atoms with Gasteiger partial charge in [0, 0.05) is 6.20 Å². The van der Waals surface area contributed by atoms with Gasteiger partial charge in [-0.15, -0.1) is 0 Å². The maximum absolute atomic E-state index is 9.05. The summed E-state index contributed by atoms with van der Waals surface area (Å²) in [6.45, 7) is 4.36. The quantitative estimate of drug-likeness (QED) is 0.803. The van der Waals surface area contributed by atoms with Crippen LogP contribution in [0.2, 0.25) is 0 Å². The van der Waals surface area contributed by atoms with Crippen molar-refractivity contribution >= 4 is 0 Å². The van der Waals surface area contributed by atoms with E-state index in [1.54, 1.807) is 0 Å². The molecule has 1 atom stereocenters. The van der Waals surface area contributed by atoms with Crippen LogP contribution in [0.1, 0.15) is 69.9 Å². The second-order valence-electron chi connectivity index (χ2n) is 5.74. The maximum atomic E-state index is 9.05. The predicted octanol–water partition coefficient (Wildman–Crippen LogP) is 4.04. The van der Waals surface area contributed by atoms with Gasteiger partial charge in [0.05, 0.1) is 24.7 Å². The minimum Gasteiger partial charge on any atom is -0.268 e. The van der Waals surface area contributed by atoms with Gasteiger partial charge >= 0.3 is 0 Å². The van der Waals surface area contributed by atoms with Crippen molar-refractivity contribution in [2.75, 3.05) is 0 Å². The smallest absolute Gasteiger partial charge is 0.0677 e. The van der Waals surface area contributed by atoms with Crippen LogP contribution in [0.4, 0.5) is 0 Å². The number of hydrogen-bond donors (Lipinski definition) is 0. The standard InChI is InChI=1S/C15H23N3/c1-12(2)14-10-17-18(11-14)15(8-9-16)13-6-4-3-5-7-13/h10-13,15H,3-8H2,1-2H3/t15-/m1/s1. The molecule has 0 bridgehead atoms. The van der Waals surface area contributed by atoms with Crippen molar-refractivity contribution in [1.82, 2.24) is 9.78 Å². The van der Waals surface area contributed by atoms with Crippen LogP contribution < -0.4 is 0 Å². The zero-order valence-electron chi connectivity index (χ0n) is 11.5. The Balaban J connectivity index is 2.15. The van der Waals surface area contributed by atoms with E-state index in [9.17, 15) is 0 Å². The summed E-state index contributed by atoms with van der Waals surface area (Å²) < 4.78 is 2.05. The van der Waals surface area contributed by atoms with E-state index in [1.165, 1.54) is 37.7 Å². The van der Waals surface area contributed by atoms with Crippen LogP contribution in [0.15, 0.2) is 12.4 Å². The van der Waals surface area contributed by atoms with Crippen molar-refractivity contribution in [3.63, 3.8) is 0 Å². The number of rotatable bonds is 4. The first-order valence-electron chi connectivity index (χ1n) is 7.13. The summed E-state index contributed by atoms with van der Waals surface area (Å²) in [4.78, 5) is 0. The molecule has 0 N–H and O–H groups in total. The van der Waals surface area contributed by atoms with Gasteiger partial charge in [-0.1, -0.05) is 33.1 Å². The highest BCUT2D eigenvalue weighted by Crippen LogP contribution is 2.34. The lowest BCUT2D eigenvalue weighted by molar-refractivity contribution is 0.237. The van der Waals surface area contributed by atoms with Gasteiger partial charge < -0.3 is 0 Å². The zero-order chi connectivity index (χ0) is 13.0. The second kappa shape index (κ2) is 6.04. The van der Waals surface area contributed by atoms with Gasteiger partial charge in [0.25, 0.3) is 0 Å². The molecule has 0 aromatic carbocycles. The molecule has 1 aliphatic carbocycles. The normalized spacial score (nSPS) is 18.8. The van der Waals surface area contributed by atoms with Crippen molar-refractivity contribution in [2.24, 2.45) is 5.92 Å². The number of aromatic nitrogens is 2. The van der Waals surface area contributed by atoms with E-state index in [2.05, 4.69) is 35.9 Å². The fourth-order valence-electron chi connectivity index (χ4n) is 2.92. The molecule has 0 saturated heterocycles. The van der Waals surface area contributed by atoms with Crippen LogP contribution in [0.5, 0.6) is 0 Å². The van der Waals surface area contributed by atoms with Gasteiger partial charge in [-0.2, -0.15) is 10.4 Å². The van der Waals surface area contributed by atoms with Crippen molar-refractivity contribution in [2.45, 2.75) is 64.3 Å². The van der Waals surface area contributed by atoms with E-state index in [0.29, 0.717) is 18.3 Å². The van der Waals surface area contributed by atoms with Crippen molar-refractivity contribution < 1.29 is 0 Å². The van der Waals surface area contributed by atoms with Gasteiger partial charge in [-0.3, -0.25) is 4.68 Å². The van der Waals surface area contributed by atoms with Gasteiger partial charge in [-0.05, 0) is 30.2 Å². The van der Waals surface area contributed by atoms with Crippen LogP contribution in [0, 0.1) is 17.2 Å². The third-order valence-electron chi connectivity index (χ3n) is 4.12. The van der Waals surface area contributed by atoms with E-state index in [4.69, 9.17) is 5.26 Å². The second-order valence-corrected chi connectivity index (χ2v) is 5.74. The molecule has 3 nitrogen and oxygen atoms in total. The Morgan fingerprint density at radius 1 is 1.39 bits per heavy atom. The molecule has 0 radical (unpaired) electrons. The Labute approximate surface area is 110 Å². The Kier molecular flexibility index (Phi) is 4.41. The molecule has 18 heavy (non-hydrogen) atoms. The first kappa shape index (κ1) is 13.1. The monoisotopic (exact) mass is 245 g/mol.